The second kappa shape index (κ2) is 2.24. The van der Waals surface area contributed by atoms with Crippen molar-refractivity contribution < 1.29 is 12.6 Å². The molecular formula is C4H9NO3S. The quantitative estimate of drug-likeness (QED) is 0.472. The monoisotopic (exact) mass is 151 g/mol. The standard InChI is InChI=1S/C4H9NO3S/c1-5-3-2-4-8-9(5,6)7/h2-4H2,1H3. The van der Waals surface area contributed by atoms with Gasteiger partial charge in [0.25, 0.3) is 0 Å². The summed E-state index contributed by atoms with van der Waals surface area (Å²) in [5, 5.41) is 0. The maximum Gasteiger partial charge on any atom is 0.338 e. The van der Waals surface area contributed by atoms with Gasteiger partial charge in [-0.25, -0.2) is 0 Å². The minimum absolute atomic E-state index is 0.326. The highest BCUT2D eigenvalue weighted by molar-refractivity contribution is 7.84. The summed E-state index contributed by atoms with van der Waals surface area (Å²) in [6.45, 7) is 0.898. The molecule has 54 valence electrons. The molecule has 0 aromatic rings. The predicted molar refractivity (Wildman–Crippen MR) is 32.1 cm³/mol. The van der Waals surface area contributed by atoms with Crippen molar-refractivity contribution in [2.45, 2.75) is 6.42 Å². The fourth-order valence-electron chi connectivity index (χ4n) is 0.653. The van der Waals surface area contributed by atoms with Gasteiger partial charge in [-0.15, -0.1) is 0 Å². The largest absolute Gasteiger partial charge is 0.338 e. The van der Waals surface area contributed by atoms with Crippen molar-refractivity contribution in [1.82, 2.24) is 4.31 Å². The van der Waals surface area contributed by atoms with E-state index >= 15 is 0 Å². The van der Waals surface area contributed by atoms with Crippen LogP contribution in [0.1, 0.15) is 6.42 Å². The van der Waals surface area contributed by atoms with E-state index < -0.39 is 10.3 Å². The average Bonchev–Trinajstić information content (AvgIpc) is 1.77. The molecule has 5 heteroatoms. The molecule has 1 heterocycles. The first kappa shape index (κ1) is 6.98. The topological polar surface area (TPSA) is 46.6 Å². The van der Waals surface area contributed by atoms with Crippen LogP contribution in [0.4, 0.5) is 0 Å². The molecule has 0 aromatic heterocycles. The molecule has 1 aliphatic heterocycles. The van der Waals surface area contributed by atoms with Gasteiger partial charge in [0, 0.05) is 13.6 Å². The Balaban J connectivity index is 2.72. The summed E-state index contributed by atoms with van der Waals surface area (Å²) < 4.78 is 27.1. The van der Waals surface area contributed by atoms with E-state index in [0.29, 0.717) is 13.2 Å². The molecule has 0 unspecified atom stereocenters. The van der Waals surface area contributed by atoms with Crippen molar-refractivity contribution in [3.63, 3.8) is 0 Å². The highest BCUT2D eigenvalue weighted by atomic mass is 32.2. The molecule has 0 aliphatic carbocycles. The molecule has 0 N–H and O–H groups in total. The summed E-state index contributed by atoms with van der Waals surface area (Å²) in [4.78, 5) is 0. The van der Waals surface area contributed by atoms with Crippen molar-refractivity contribution in [3.05, 3.63) is 0 Å². The number of rotatable bonds is 0. The van der Waals surface area contributed by atoms with E-state index in [9.17, 15) is 8.42 Å². The molecule has 0 bridgehead atoms. The van der Waals surface area contributed by atoms with Crippen LogP contribution in [0, 0.1) is 0 Å². The second-order valence-electron chi connectivity index (χ2n) is 1.95. The number of hydrogen-bond donors (Lipinski definition) is 0. The van der Waals surface area contributed by atoms with Crippen LogP contribution in [0.2, 0.25) is 0 Å². The van der Waals surface area contributed by atoms with Crippen molar-refractivity contribution >= 4 is 10.3 Å². The van der Waals surface area contributed by atoms with Crippen LogP contribution < -0.4 is 0 Å². The fourth-order valence-corrected chi connectivity index (χ4v) is 1.51. The third kappa shape index (κ3) is 1.41. The molecule has 0 amide bonds. The van der Waals surface area contributed by atoms with Crippen LogP contribution >= 0.6 is 0 Å². The second-order valence-corrected chi connectivity index (χ2v) is 3.67. The zero-order valence-electron chi connectivity index (χ0n) is 5.20. The Morgan fingerprint density at radius 3 is 2.56 bits per heavy atom. The van der Waals surface area contributed by atoms with Crippen molar-refractivity contribution in [3.8, 4) is 0 Å². The van der Waals surface area contributed by atoms with E-state index in [1.807, 2.05) is 0 Å². The molecule has 9 heavy (non-hydrogen) atoms. The Kier molecular flexibility index (Phi) is 1.74. The molecule has 0 radical (unpaired) electrons. The zero-order valence-corrected chi connectivity index (χ0v) is 6.02. The van der Waals surface area contributed by atoms with Gasteiger partial charge in [-0.2, -0.15) is 12.7 Å². The lowest BCUT2D eigenvalue weighted by molar-refractivity contribution is 0.230. The average molecular weight is 151 g/mol. The van der Waals surface area contributed by atoms with Crippen LogP contribution in [0.15, 0.2) is 0 Å². The van der Waals surface area contributed by atoms with Gasteiger partial charge in [-0.05, 0) is 6.42 Å². The fraction of sp³-hybridized carbons (Fsp3) is 1.00. The summed E-state index contributed by atoms with van der Waals surface area (Å²) in [7, 11) is -1.82. The Morgan fingerprint density at radius 1 is 1.56 bits per heavy atom. The van der Waals surface area contributed by atoms with Gasteiger partial charge in [0.05, 0.1) is 6.61 Å². The van der Waals surface area contributed by atoms with Crippen LogP contribution in [0.5, 0.6) is 0 Å². The maximum atomic E-state index is 10.7. The molecule has 4 nitrogen and oxygen atoms in total. The van der Waals surface area contributed by atoms with Gasteiger partial charge in [0.1, 0.15) is 0 Å². The van der Waals surface area contributed by atoms with Crippen molar-refractivity contribution in [2.24, 2.45) is 0 Å². The van der Waals surface area contributed by atoms with Gasteiger partial charge >= 0.3 is 10.3 Å². The van der Waals surface area contributed by atoms with Gasteiger partial charge < -0.3 is 0 Å². The lowest BCUT2D eigenvalue weighted by Gasteiger charge is -2.20. The summed E-state index contributed by atoms with van der Waals surface area (Å²) in [6.07, 6.45) is 0.787. The number of nitrogens with zero attached hydrogens (tertiary/aromatic N) is 1. The Bertz CT molecular complexity index is 186. The molecule has 1 rings (SSSR count). The van der Waals surface area contributed by atoms with E-state index in [1.54, 1.807) is 0 Å². The third-order valence-electron chi connectivity index (χ3n) is 1.23. The van der Waals surface area contributed by atoms with E-state index in [1.165, 1.54) is 11.4 Å². The highest BCUT2D eigenvalue weighted by Gasteiger charge is 2.21. The minimum atomic E-state index is -3.33. The van der Waals surface area contributed by atoms with Crippen LogP contribution in [-0.2, 0) is 14.5 Å². The SMILES string of the molecule is CN1CCCOS1(=O)=O. The van der Waals surface area contributed by atoms with Crippen LogP contribution in [0.3, 0.4) is 0 Å². The summed E-state index contributed by atoms with van der Waals surface area (Å²) in [5.74, 6) is 0. The summed E-state index contributed by atoms with van der Waals surface area (Å²) >= 11 is 0. The molecule has 0 saturated carbocycles. The normalized spacial score (nSPS) is 28.1. The van der Waals surface area contributed by atoms with Gasteiger partial charge in [0.2, 0.25) is 0 Å². The molecule has 1 fully saturated rings. The predicted octanol–water partition coefficient (Wildman–Crippen LogP) is -0.417. The first-order chi connectivity index (χ1) is 4.13. The Labute approximate surface area is 54.7 Å². The van der Waals surface area contributed by atoms with Crippen LogP contribution in [0.25, 0.3) is 0 Å². The van der Waals surface area contributed by atoms with E-state index in [4.69, 9.17) is 0 Å². The Hall–Kier alpha value is -0.130. The third-order valence-corrected chi connectivity index (χ3v) is 2.64. The molecule has 1 saturated heterocycles. The molecule has 0 spiro atoms. The van der Waals surface area contributed by atoms with Crippen LogP contribution in [-0.4, -0.2) is 32.9 Å². The highest BCUT2D eigenvalue weighted by Crippen LogP contribution is 2.07. The summed E-state index contributed by atoms with van der Waals surface area (Å²) in [5.41, 5.74) is 0. The lowest BCUT2D eigenvalue weighted by atomic mass is 10.5. The molecule has 1 aliphatic rings. The first-order valence-electron chi connectivity index (χ1n) is 2.73. The van der Waals surface area contributed by atoms with Gasteiger partial charge in [-0.3, -0.25) is 4.18 Å². The molecule has 0 aromatic carbocycles. The van der Waals surface area contributed by atoms with E-state index in [0.717, 1.165) is 6.42 Å². The number of hydrogen-bond acceptors (Lipinski definition) is 3. The first-order valence-corrected chi connectivity index (χ1v) is 4.10. The minimum Gasteiger partial charge on any atom is -0.258 e. The molecule has 0 atom stereocenters. The zero-order chi connectivity index (χ0) is 6.91. The van der Waals surface area contributed by atoms with E-state index in [-0.39, 0.29) is 0 Å². The van der Waals surface area contributed by atoms with Crippen molar-refractivity contribution in [1.29, 1.82) is 0 Å². The Morgan fingerprint density at radius 2 is 2.22 bits per heavy atom. The van der Waals surface area contributed by atoms with Gasteiger partial charge in [-0.1, -0.05) is 0 Å². The maximum absolute atomic E-state index is 10.7. The lowest BCUT2D eigenvalue weighted by Crippen LogP contribution is -2.34. The van der Waals surface area contributed by atoms with Gasteiger partial charge in [0.15, 0.2) is 0 Å². The van der Waals surface area contributed by atoms with Crippen molar-refractivity contribution in [2.75, 3.05) is 20.2 Å². The summed E-state index contributed by atoms with van der Waals surface area (Å²) in [6, 6.07) is 0. The molecular weight excluding hydrogens is 142 g/mol. The smallest absolute Gasteiger partial charge is 0.258 e. The van der Waals surface area contributed by atoms with E-state index in [2.05, 4.69) is 4.18 Å².